The second-order valence-electron chi connectivity index (χ2n) is 4.38. The van der Waals surface area contributed by atoms with Crippen molar-refractivity contribution in [2.24, 2.45) is 5.41 Å². The van der Waals surface area contributed by atoms with Gasteiger partial charge in [-0.05, 0) is 5.41 Å². The van der Waals surface area contributed by atoms with E-state index in [0.717, 1.165) is 0 Å². The largest absolute Gasteiger partial charge is 0.508 e. The van der Waals surface area contributed by atoms with E-state index in [1.807, 2.05) is 0 Å². The Balaban J connectivity index is 2.10. The highest BCUT2D eigenvalue weighted by Crippen LogP contribution is 2.14. The lowest BCUT2D eigenvalue weighted by molar-refractivity contribution is 0.0155. The van der Waals surface area contributed by atoms with Gasteiger partial charge in [0.1, 0.15) is 6.61 Å². The summed E-state index contributed by atoms with van der Waals surface area (Å²) in [5, 5.41) is 0. The van der Waals surface area contributed by atoms with Crippen LogP contribution in [-0.4, -0.2) is 32.1 Å². The molecule has 0 aromatic heterocycles. The molecule has 1 aliphatic rings. The Kier molecular flexibility index (Phi) is 3.14. The summed E-state index contributed by atoms with van der Waals surface area (Å²) in [5.41, 5.74) is 0.142. The van der Waals surface area contributed by atoms with Crippen molar-refractivity contribution in [3.05, 3.63) is 0 Å². The molecule has 4 nitrogen and oxygen atoms in total. The molecule has 13 heavy (non-hydrogen) atoms. The summed E-state index contributed by atoms with van der Waals surface area (Å²) in [5.74, 6) is 0. The molecule has 0 saturated carbocycles. The minimum absolute atomic E-state index is 0.142. The van der Waals surface area contributed by atoms with Gasteiger partial charge in [0.2, 0.25) is 0 Å². The molecule has 1 aliphatic heterocycles. The standard InChI is InChI=1S/C9H16O4/c1-9(2,3)6-11-4-7-5-12-8(10)13-7/h7H,4-6H2,1-3H3. The van der Waals surface area contributed by atoms with E-state index in [1.54, 1.807) is 0 Å². The van der Waals surface area contributed by atoms with Crippen molar-refractivity contribution >= 4 is 6.16 Å². The summed E-state index contributed by atoms with van der Waals surface area (Å²) < 4.78 is 14.8. The third-order valence-corrected chi connectivity index (χ3v) is 1.49. The molecule has 0 radical (unpaired) electrons. The fourth-order valence-corrected chi connectivity index (χ4v) is 0.944. The number of cyclic esters (lactones) is 2. The molecule has 1 heterocycles. The second kappa shape index (κ2) is 3.96. The first-order valence-corrected chi connectivity index (χ1v) is 4.38. The number of rotatable bonds is 3. The molecule has 0 N–H and O–H groups in total. The lowest BCUT2D eigenvalue weighted by atomic mass is 9.99. The molecule has 76 valence electrons. The van der Waals surface area contributed by atoms with Gasteiger partial charge >= 0.3 is 6.16 Å². The van der Waals surface area contributed by atoms with Gasteiger partial charge in [0.25, 0.3) is 0 Å². The molecule has 1 saturated heterocycles. The van der Waals surface area contributed by atoms with Gasteiger partial charge in [-0.1, -0.05) is 20.8 Å². The lowest BCUT2D eigenvalue weighted by Gasteiger charge is -2.18. The zero-order valence-electron chi connectivity index (χ0n) is 8.33. The van der Waals surface area contributed by atoms with Gasteiger partial charge in [-0.2, -0.15) is 0 Å². The van der Waals surface area contributed by atoms with Crippen LogP contribution in [0.5, 0.6) is 0 Å². The first kappa shape index (κ1) is 10.3. The second-order valence-corrected chi connectivity index (χ2v) is 4.38. The van der Waals surface area contributed by atoms with Crippen LogP contribution < -0.4 is 0 Å². The molecule has 1 unspecified atom stereocenters. The van der Waals surface area contributed by atoms with Crippen LogP contribution >= 0.6 is 0 Å². The Morgan fingerprint density at radius 2 is 2.23 bits per heavy atom. The van der Waals surface area contributed by atoms with Crippen molar-refractivity contribution in [1.29, 1.82) is 0 Å². The quantitative estimate of drug-likeness (QED) is 0.631. The molecular weight excluding hydrogens is 172 g/mol. The molecule has 1 atom stereocenters. The molecular formula is C9H16O4. The number of carbonyl (C=O) groups excluding carboxylic acids is 1. The summed E-state index contributed by atoms with van der Waals surface area (Å²) in [7, 11) is 0. The maximum absolute atomic E-state index is 10.5. The van der Waals surface area contributed by atoms with Crippen molar-refractivity contribution in [3.63, 3.8) is 0 Å². The molecule has 0 amide bonds. The van der Waals surface area contributed by atoms with Crippen LogP contribution in [0, 0.1) is 5.41 Å². The van der Waals surface area contributed by atoms with Crippen LogP contribution in [0.15, 0.2) is 0 Å². The van der Waals surface area contributed by atoms with Crippen LogP contribution in [-0.2, 0) is 14.2 Å². The van der Waals surface area contributed by atoms with E-state index >= 15 is 0 Å². The highest BCUT2D eigenvalue weighted by Gasteiger charge is 2.25. The van der Waals surface area contributed by atoms with Crippen molar-refractivity contribution in [2.45, 2.75) is 26.9 Å². The van der Waals surface area contributed by atoms with Gasteiger partial charge < -0.3 is 14.2 Å². The topological polar surface area (TPSA) is 44.8 Å². The minimum atomic E-state index is -0.593. The summed E-state index contributed by atoms with van der Waals surface area (Å²) in [6, 6.07) is 0. The lowest BCUT2D eigenvalue weighted by Crippen LogP contribution is -2.22. The van der Waals surface area contributed by atoms with Gasteiger partial charge in [0, 0.05) is 0 Å². The van der Waals surface area contributed by atoms with E-state index in [1.165, 1.54) is 0 Å². The van der Waals surface area contributed by atoms with Gasteiger partial charge in [-0.25, -0.2) is 4.79 Å². The fraction of sp³-hybridized carbons (Fsp3) is 0.889. The molecule has 0 aliphatic carbocycles. The Morgan fingerprint density at radius 3 is 2.69 bits per heavy atom. The Hall–Kier alpha value is -0.770. The van der Waals surface area contributed by atoms with Crippen LogP contribution in [0.25, 0.3) is 0 Å². The predicted octanol–water partition coefficient (Wildman–Crippen LogP) is 1.58. The number of hydrogen-bond acceptors (Lipinski definition) is 4. The van der Waals surface area contributed by atoms with Gasteiger partial charge in [-0.3, -0.25) is 0 Å². The highest BCUT2D eigenvalue weighted by molar-refractivity contribution is 5.61. The van der Waals surface area contributed by atoms with E-state index in [0.29, 0.717) is 19.8 Å². The van der Waals surface area contributed by atoms with Crippen LogP contribution in [0.4, 0.5) is 4.79 Å². The summed E-state index contributed by atoms with van der Waals surface area (Å²) in [6.45, 7) is 7.64. The average molecular weight is 188 g/mol. The smallest absolute Gasteiger partial charge is 0.430 e. The van der Waals surface area contributed by atoms with Crippen molar-refractivity contribution < 1.29 is 19.0 Å². The highest BCUT2D eigenvalue weighted by atomic mass is 16.8. The van der Waals surface area contributed by atoms with E-state index in [-0.39, 0.29) is 11.5 Å². The zero-order chi connectivity index (χ0) is 9.90. The number of ether oxygens (including phenoxy) is 3. The normalized spacial score (nSPS) is 22.7. The third kappa shape index (κ3) is 4.12. The Labute approximate surface area is 78.2 Å². The first-order valence-electron chi connectivity index (χ1n) is 4.38. The molecule has 0 aromatic carbocycles. The van der Waals surface area contributed by atoms with E-state index in [2.05, 4.69) is 25.5 Å². The maximum Gasteiger partial charge on any atom is 0.508 e. The van der Waals surface area contributed by atoms with Crippen LogP contribution in [0.3, 0.4) is 0 Å². The minimum Gasteiger partial charge on any atom is -0.430 e. The Bertz CT molecular complexity index is 183. The maximum atomic E-state index is 10.5. The van der Waals surface area contributed by atoms with Crippen LogP contribution in [0.2, 0.25) is 0 Å². The van der Waals surface area contributed by atoms with Gasteiger partial charge in [-0.15, -0.1) is 0 Å². The summed E-state index contributed by atoms with van der Waals surface area (Å²) >= 11 is 0. The van der Waals surface area contributed by atoms with Gasteiger partial charge in [0.05, 0.1) is 13.2 Å². The summed E-state index contributed by atoms with van der Waals surface area (Å²) in [4.78, 5) is 10.5. The molecule has 0 aromatic rings. The van der Waals surface area contributed by atoms with E-state index < -0.39 is 6.16 Å². The SMILES string of the molecule is CC(C)(C)COCC1COC(=O)O1. The van der Waals surface area contributed by atoms with E-state index in [4.69, 9.17) is 9.47 Å². The first-order chi connectivity index (χ1) is 5.97. The summed E-state index contributed by atoms with van der Waals surface area (Å²) in [6.07, 6.45) is -0.820. The van der Waals surface area contributed by atoms with Crippen molar-refractivity contribution in [2.75, 3.05) is 19.8 Å². The molecule has 0 spiro atoms. The molecule has 0 bridgehead atoms. The van der Waals surface area contributed by atoms with Crippen LogP contribution in [0.1, 0.15) is 20.8 Å². The molecule has 1 fully saturated rings. The average Bonchev–Trinajstić information content (AvgIpc) is 2.33. The molecule has 1 rings (SSSR count). The van der Waals surface area contributed by atoms with E-state index in [9.17, 15) is 4.79 Å². The zero-order valence-corrected chi connectivity index (χ0v) is 8.33. The number of carbonyl (C=O) groups is 1. The number of hydrogen-bond donors (Lipinski definition) is 0. The fourth-order valence-electron chi connectivity index (χ4n) is 0.944. The third-order valence-electron chi connectivity index (χ3n) is 1.49. The Morgan fingerprint density at radius 1 is 1.54 bits per heavy atom. The van der Waals surface area contributed by atoms with Gasteiger partial charge in [0.15, 0.2) is 6.10 Å². The van der Waals surface area contributed by atoms with Crippen molar-refractivity contribution in [1.82, 2.24) is 0 Å². The van der Waals surface area contributed by atoms with Crippen molar-refractivity contribution in [3.8, 4) is 0 Å². The molecule has 4 heteroatoms. The predicted molar refractivity (Wildman–Crippen MR) is 46.5 cm³/mol. The monoisotopic (exact) mass is 188 g/mol.